The number of hydrogen-bond acceptors (Lipinski definition) is 6. The topological polar surface area (TPSA) is 145 Å². The lowest BCUT2D eigenvalue weighted by molar-refractivity contribution is -0.137. The lowest BCUT2D eigenvalue weighted by Gasteiger charge is -2.29. The van der Waals surface area contributed by atoms with E-state index in [1.54, 1.807) is 0 Å². The predicted octanol–water partition coefficient (Wildman–Crippen LogP) is -0.965. The van der Waals surface area contributed by atoms with Gasteiger partial charge in [0.1, 0.15) is 6.10 Å². The average Bonchev–Trinajstić information content (AvgIpc) is 2.41. The molecule has 22 heavy (non-hydrogen) atoms. The van der Waals surface area contributed by atoms with Crippen molar-refractivity contribution in [3.05, 3.63) is 0 Å². The lowest BCUT2D eigenvalue weighted by atomic mass is 9.87. The molecule has 0 aromatic carbocycles. The Morgan fingerprint density at radius 1 is 1.27 bits per heavy atom. The maximum Gasteiger partial charge on any atom is 0.469 e. The molecule has 1 unspecified atom stereocenters. The molecule has 0 aliphatic carbocycles. The van der Waals surface area contributed by atoms with Gasteiger partial charge in [-0.1, -0.05) is 13.8 Å². The summed E-state index contributed by atoms with van der Waals surface area (Å²) in [5.41, 5.74) is -1.21. The summed E-state index contributed by atoms with van der Waals surface area (Å²) in [6, 6.07) is 0. The van der Waals surface area contributed by atoms with Crippen LogP contribution in [0.15, 0.2) is 0 Å². The quantitative estimate of drug-likeness (QED) is 0.218. The van der Waals surface area contributed by atoms with Crippen molar-refractivity contribution in [1.82, 2.24) is 10.6 Å². The number of phosphoric ester groups is 1. The Morgan fingerprint density at radius 3 is 2.36 bits per heavy atom. The maximum atomic E-state index is 11.8. The molecule has 0 bridgehead atoms. The van der Waals surface area contributed by atoms with Gasteiger partial charge in [0, 0.05) is 30.7 Å². The number of thiol groups is 1. The number of rotatable bonds is 10. The van der Waals surface area contributed by atoms with Gasteiger partial charge in [-0.3, -0.25) is 14.1 Å². The fourth-order valence-electron chi connectivity index (χ4n) is 1.36. The van der Waals surface area contributed by atoms with E-state index < -0.39 is 31.9 Å². The zero-order valence-electron chi connectivity index (χ0n) is 12.5. The van der Waals surface area contributed by atoms with Gasteiger partial charge in [0.2, 0.25) is 11.8 Å². The molecule has 2 amide bonds. The Labute approximate surface area is 134 Å². The number of aliphatic hydroxyl groups excluding tert-OH is 1. The highest BCUT2D eigenvalue weighted by Gasteiger charge is 2.35. The van der Waals surface area contributed by atoms with Gasteiger partial charge in [-0.25, -0.2) is 4.57 Å². The van der Waals surface area contributed by atoms with Gasteiger partial charge in [-0.15, -0.1) is 0 Å². The van der Waals surface area contributed by atoms with E-state index in [1.165, 1.54) is 13.8 Å². The maximum absolute atomic E-state index is 11.8. The third-order valence-electron chi connectivity index (χ3n) is 2.68. The summed E-state index contributed by atoms with van der Waals surface area (Å²) < 4.78 is 15.0. The summed E-state index contributed by atoms with van der Waals surface area (Å²) in [6.07, 6.45) is -1.49. The van der Waals surface area contributed by atoms with Gasteiger partial charge in [-0.05, 0) is 0 Å². The van der Waals surface area contributed by atoms with Crippen LogP contribution in [0.1, 0.15) is 20.3 Å². The van der Waals surface area contributed by atoms with Crippen molar-refractivity contribution in [3.8, 4) is 0 Å². The van der Waals surface area contributed by atoms with E-state index in [1.807, 2.05) is 0 Å². The SMILES string of the molecule is CC(C)(COP(=O)(O)O)C(O)C(=O)NCCC(=O)NCCS. The Bertz CT molecular complexity index is 427. The third kappa shape index (κ3) is 9.39. The van der Waals surface area contributed by atoms with E-state index in [0.29, 0.717) is 12.3 Å². The summed E-state index contributed by atoms with van der Waals surface area (Å²) >= 11 is 3.93. The standard InChI is InChI=1S/C11H23N2O7PS/c1-11(2,7-20-21(17,18)19)9(15)10(16)13-4-3-8(14)12-5-6-22/h9,15,22H,3-7H2,1-2H3,(H,12,14)(H,13,16)(H2,17,18,19). The summed E-state index contributed by atoms with van der Waals surface area (Å²) in [7, 11) is -4.68. The highest BCUT2D eigenvalue weighted by atomic mass is 32.1. The molecule has 130 valence electrons. The van der Waals surface area contributed by atoms with Crippen molar-refractivity contribution in [2.75, 3.05) is 25.4 Å². The van der Waals surface area contributed by atoms with Crippen LogP contribution in [0.2, 0.25) is 0 Å². The van der Waals surface area contributed by atoms with Crippen LogP contribution in [0.4, 0.5) is 0 Å². The van der Waals surface area contributed by atoms with Crippen LogP contribution in [-0.2, 0) is 18.7 Å². The number of phosphoric acid groups is 1. The second-order valence-corrected chi connectivity index (χ2v) is 6.96. The molecule has 0 aliphatic heterocycles. The van der Waals surface area contributed by atoms with Crippen LogP contribution in [0.3, 0.4) is 0 Å². The minimum atomic E-state index is -4.68. The fraction of sp³-hybridized carbons (Fsp3) is 0.818. The number of hydrogen-bond donors (Lipinski definition) is 6. The van der Waals surface area contributed by atoms with Crippen LogP contribution in [0.25, 0.3) is 0 Å². The van der Waals surface area contributed by atoms with E-state index in [-0.39, 0.29) is 18.9 Å². The molecule has 0 saturated carbocycles. The van der Waals surface area contributed by atoms with Gasteiger partial charge in [0.15, 0.2) is 0 Å². The molecule has 0 spiro atoms. The number of nitrogens with one attached hydrogen (secondary N) is 2. The smallest absolute Gasteiger partial charge is 0.383 e. The van der Waals surface area contributed by atoms with Gasteiger partial charge in [-0.2, -0.15) is 12.6 Å². The van der Waals surface area contributed by atoms with Crippen molar-refractivity contribution < 1.29 is 33.6 Å². The lowest BCUT2D eigenvalue weighted by Crippen LogP contribution is -2.46. The first-order valence-electron chi connectivity index (χ1n) is 6.53. The summed E-state index contributed by atoms with van der Waals surface area (Å²) in [4.78, 5) is 40.3. The number of amides is 2. The first kappa shape index (κ1) is 21.4. The minimum Gasteiger partial charge on any atom is -0.383 e. The average molecular weight is 358 g/mol. The van der Waals surface area contributed by atoms with Crippen molar-refractivity contribution in [2.24, 2.45) is 5.41 Å². The first-order chi connectivity index (χ1) is 9.99. The van der Waals surface area contributed by atoms with Gasteiger partial charge < -0.3 is 25.5 Å². The van der Waals surface area contributed by atoms with E-state index >= 15 is 0 Å². The molecular formula is C11H23N2O7PS. The predicted molar refractivity (Wildman–Crippen MR) is 82.3 cm³/mol. The van der Waals surface area contributed by atoms with Crippen molar-refractivity contribution >= 4 is 32.3 Å². The second-order valence-electron chi connectivity index (χ2n) is 5.27. The van der Waals surface area contributed by atoms with E-state index in [4.69, 9.17) is 9.79 Å². The molecule has 0 aliphatic rings. The molecule has 0 aromatic rings. The molecule has 0 aromatic heterocycles. The summed E-state index contributed by atoms with van der Waals surface area (Å²) in [5, 5.41) is 14.8. The van der Waals surface area contributed by atoms with Crippen LogP contribution >= 0.6 is 20.5 Å². The molecule has 9 nitrogen and oxygen atoms in total. The first-order valence-corrected chi connectivity index (χ1v) is 8.69. The Morgan fingerprint density at radius 2 is 1.86 bits per heavy atom. The van der Waals surface area contributed by atoms with Crippen molar-refractivity contribution in [2.45, 2.75) is 26.4 Å². The normalized spacial score (nSPS) is 13.5. The van der Waals surface area contributed by atoms with Crippen molar-refractivity contribution in [1.29, 1.82) is 0 Å². The molecule has 0 heterocycles. The molecule has 0 saturated heterocycles. The summed E-state index contributed by atoms with van der Waals surface area (Å²) in [5.74, 6) is -0.501. The monoisotopic (exact) mass is 358 g/mol. The van der Waals surface area contributed by atoms with Gasteiger partial charge in [0.25, 0.3) is 0 Å². The zero-order chi connectivity index (χ0) is 17.4. The van der Waals surface area contributed by atoms with E-state index in [0.717, 1.165) is 0 Å². The third-order valence-corrected chi connectivity index (χ3v) is 3.37. The Hall–Kier alpha value is -0.640. The Kier molecular flexibility index (Phi) is 9.21. The number of carbonyl (C=O) groups excluding carboxylic acids is 2. The molecule has 1 atom stereocenters. The molecule has 0 rings (SSSR count). The minimum absolute atomic E-state index is 0.0315. The van der Waals surface area contributed by atoms with Gasteiger partial charge >= 0.3 is 7.82 Å². The number of carbonyl (C=O) groups is 2. The van der Waals surface area contributed by atoms with Crippen molar-refractivity contribution in [3.63, 3.8) is 0 Å². The zero-order valence-corrected chi connectivity index (χ0v) is 14.3. The van der Waals surface area contributed by atoms with Crippen LogP contribution < -0.4 is 10.6 Å². The highest BCUT2D eigenvalue weighted by molar-refractivity contribution is 7.80. The molecule has 5 N–H and O–H groups in total. The molecule has 0 radical (unpaired) electrons. The van der Waals surface area contributed by atoms with E-state index in [2.05, 4.69) is 27.8 Å². The highest BCUT2D eigenvalue weighted by Crippen LogP contribution is 2.38. The second kappa shape index (κ2) is 9.49. The van der Waals surface area contributed by atoms with E-state index in [9.17, 15) is 19.3 Å². The molecule has 0 fully saturated rings. The van der Waals surface area contributed by atoms with Crippen LogP contribution in [-0.4, -0.2) is 58.3 Å². The fourth-order valence-corrected chi connectivity index (χ4v) is 1.98. The molecular weight excluding hydrogens is 335 g/mol. The van der Waals surface area contributed by atoms with Crippen LogP contribution in [0, 0.1) is 5.41 Å². The van der Waals surface area contributed by atoms with Gasteiger partial charge in [0.05, 0.1) is 6.61 Å². The molecule has 11 heteroatoms. The number of aliphatic hydroxyl groups is 1. The van der Waals surface area contributed by atoms with Crippen LogP contribution in [0.5, 0.6) is 0 Å². The Balaban J connectivity index is 4.24. The largest absolute Gasteiger partial charge is 0.469 e. The summed E-state index contributed by atoms with van der Waals surface area (Å²) in [6.45, 7) is 2.79.